The summed E-state index contributed by atoms with van der Waals surface area (Å²) in [5, 5.41) is 0.209. The van der Waals surface area contributed by atoms with Gasteiger partial charge < -0.3 is 4.74 Å². The van der Waals surface area contributed by atoms with Crippen LogP contribution in [0.1, 0.15) is 16.1 Å². The fourth-order valence-corrected chi connectivity index (χ4v) is 0.926. The first kappa shape index (κ1) is 9.67. The van der Waals surface area contributed by atoms with Crippen LogP contribution in [0, 0.1) is 0 Å². The molecule has 1 aromatic heterocycles. The van der Waals surface area contributed by atoms with Crippen LogP contribution in [-0.4, -0.2) is 23.0 Å². The van der Waals surface area contributed by atoms with E-state index in [0.717, 1.165) is 0 Å². The van der Waals surface area contributed by atoms with Crippen LogP contribution in [0.15, 0.2) is 19.1 Å². The topological polar surface area (TPSA) is 52.1 Å². The normalized spacial score (nSPS) is 9.38. The lowest BCUT2D eigenvalue weighted by atomic mass is 10.2. The third kappa shape index (κ3) is 2.03. The molecule has 0 aromatic carbocycles. The molecule has 0 saturated carbocycles. The van der Waals surface area contributed by atoms with Crippen molar-refractivity contribution in [1.29, 1.82) is 0 Å². The SMILES string of the molecule is C=C(Cl)c1cncnc1C(=O)OC. The maximum atomic E-state index is 11.1. The summed E-state index contributed by atoms with van der Waals surface area (Å²) in [5.74, 6) is -0.556. The van der Waals surface area contributed by atoms with E-state index in [-0.39, 0.29) is 10.7 Å². The molecule has 0 bridgehead atoms. The van der Waals surface area contributed by atoms with Gasteiger partial charge in [0.15, 0.2) is 5.69 Å². The Bertz CT molecular complexity index is 352. The molecular weight excluding hydrogens is 192 g/mol. The zero-order valence-corrected chi connectivity index (χ0v) is 7.71. The molecule has 0 aliphatic heterocycles. The average molecular weight is 199 g/mol. The molecule has 1 aromatic rings. The fraction of sp³-hybridized carbons (Fsp3) is 0.125. The highest BCUT2D eigenvalue weighted by molar-refractivity contribution is 6.48. The number of nitrogens with zero attached hydrogens (tertiary/aromatic N) is 2. The number of hydrogen-bond donors (Lipinski definition) is 0. The number of aromatic nitrogens is 2. The van der Waals surface area contributed by atoms with Crippen molar-refractivity contribution in [1.82, 2.24) is 9.97 Å². The maximum Gasteiger partial charge on any atom is 0.357 e. The molecule has 0 amide bonds. The molecule has 0 saturated heterocycles. The number of esters is 1. The average Bonchev–Trinajstić information content (AvgIpc) is 2.16. The molecule has 0 radical (unpaired) electrons. The van der Waals surface area contributed by atoms with Crippen LogP contribution < -0.4 is 0 Å². The fourth-order valence-electron chi connectivity index (χ4n) is 0.787. The summed E-state index contributed by atoms with van der Waals surface area (Å²) in [6.07, 6.45) is 2.66. The molecule has 0 atom stereocenters. The summed E-state index contributed by atoms with van der Waals surface area (Å²) in [5.41, 5.74) is 0.508. The second-order valence-electron chi connectivity index (χ2n) is 2.18. The van der Waals surface area contributed by atoms with Crippen LogP contribution in [0.4, 0.5) is 0 Å². The maximum absolute atomic E-state index is 11.1. The Kier molecular flexibility index (Phi) is 2.97. The number of hydrogen-bond acceptors (Lipinski definition) is 4. The van der Waals surface area contributed by atoms with Gasteiger partial charge in [0.25, 0.3) is 0 Å². The van der Waals surface area contributed by atoms with Gasteiger partial charge in [0.2, 0.25) is 0 Å². The first-order valence-electron chi connectivity index (χ1n) is 3.40. The van der Waals surface area contributed by atoms with E-state index >= 15 is 0 Å². The summed E-state index contributed by atoms with van der Waals surface area (Å²) in [6.45, 7) is 3.48. The monoisotopic (exact) mass is 198 g/mol. The Labute approximate surface area is 80.2 Å². The molecule has 0 N–H and O–H groups in total. The molecule has 0 spiro atoms. The molecule has 68 valence electrons. The lowest BCUT2D eigenvalue weighted by molar-refractivity contribution is 0.0593. The van der Waals surface area contributed by atoms with E-state index in [2.05, 4.69) is 21.3 Å². The summed E-state index contributed by atoms with van der Waals surface area (Å²) in [4.78, 5) is 18.6. The molecule has 5 heteroatoms. The van der Waals surface area contributed by atoms with E-state index in [1.54, 1.807) is 0 Å². The first-order valence-corrected chi connectivity index (χ1v) is 3.77. The first-order chi connectivity index (χ1) is 6.16. The minimum absolute atomic E-state index is 0.123. The molecule has 1 heterocycles. The number of methoxy groups -OCH3 is 1. The van der Waals surface area contributed by atoms with Crippen LogP contribution in [-0.2, 0) is 4.74 Å². The smallest absolute Gasteiger partial charge is 0.357 e. The van der Waals surface area contributed by atoms with Gasteiger partial charge in [0.05, 0.1) is 7.11 Å². The highest BCUT2D eigenvalue weighted by Gasteiger charge is 2.14. The van der Waals surface area contributed by atoms with Gasteiger partial charge in [-0.2, -0.15) is 0 Å². The van der Waals surface area contributed by atoms with Gasteiger partial charge in [0, 0.05) is 16.8 Å². The number of halogens is 1. The predicted molar refractivity (Wildman–Crippen MR) is 48.3 cm³/mol. The zero-order chi connectivity index (χ0) is 9.84. The Morgan fingerprint density at radius 3 is 2.92 bits per heavy atom. The largest absolute Gasteiger partial charge is 0.464 e. The lowest BCUT2D eigenvalue weighted by Crippen LogP contribution is -2.07. The molecular formula is C8H7ClN2O2. The molecule has 1 rings (SSSR count). The summed E-state index contributed by atoms with van der Waals surface area (Å²) < 4.78 is 4.50. The van der Waals surface area contributed by atoms with Crippen molar-refractivity contribution in [3.8, 4) is 0 Å². The van der Waals surface area contributed by atoms with Crippen molar-refractivity contribution < 1.29 is 9.53 Å². The standard InChI is InChI=1S/C8H7ClN2O2/c1-5(9)6-3-10-4-11-7(6)8(12)13-2/h3-4H,1H2,2H3. The van der Waals surface area contributed by atoms with Gasteiger partial charge in [-0.15, -0.1) is 0 Å². The Morgan fingerprint density at radius 1 is 1.69 bits per heavy atom. The van der Waals surface area contributed by atoms with Gasteiger partial charge in [-0.25, -0.2) is 14.8 Å². The minimum Gasteiger partial charge on any atom is -0.464 e. The van der Waals surface area contributed by atoms with E-state index in [1.165, 1.54) is 19.6 Å². The molecule has 0 aliphatic carbocycles. The highest BCUT2D eigenvalue weighted by Crippen LogP contribution is 2.18. The van der Waals surface area contributed by atoms with Gasteiger partial charge >= 0.3 is 5.97 Å². The molecule has 0 aliphatic rings. The lowest BCUT2D eigenvalue weighted by Gasteiger charge is -2.02. The van der Waals surface area contributed by atoms with Crippen molar-refractivity contribution in [3.05, 3.63) is 30.4 Å². The van der Waals surface area contributed by atoms with Crippen molar-refractivity contribution in [3.63, 3.8) is 0 Å². The molecule has 0 fully saturated rings. The van der Waals surface area contributed by atoms with Crippen LogP contribution in [0.5, 0.6) is 0 Å². The molecule has 13 heavy (non-hydrogen) atoms. The Hall–Kier alpha value is -1.42. The molecule has 4 nitrogen and oxygen atoms in total. The van der Waals surface area contributed by atoms with Crippen LogP contribution in [0.2, 0.25) is 0 Å². The number of ether oxygens (including phenoxy) is 1. The highest BCUT2D eigenvalue weighted by atomic mass is 35.5. The third-order valence-corrected chi connectivity index (χ3v) is 1.59. The number of rotatable bonds is 2. The van der Waals surface area contributed by atoms with Crippen LogP contribution >= 0.6 is 11.6 Å². The van der Waals surface area contributed by atoms with Crippen molar-refractivity contribution in [2.75, 3.05) is 7.11 Å². The van der Waals surface area contributed by atoms with Crippen LogP contribution in [0.25, 0.3) is 5.03 Å². The number of carbonyl (C=O) groups excluding carboxylic acids is 1. The predicted octanol–water partition coefficient (Wildman–Crippen LogP) is 1.47. The van der Waals surface area contributed by atoms with Gasteiger partial charge in [-0.3, -0.25) is 0 Å². The van der Waals surface area contributed by atoms with Gasteiger partial charge in [-0.1, -0.05) is 18.2 Å². The van der Waals surface area contributed by atoms with Gasteiger partial charge in [-0.05, 0) is 0 Å². The number of carbonyl (C=O) groups is 1. The Balaban J connectivity index is 3.19. The second-order valence-corrected chi connectivity index (χ2v) is 2.64. The van der Waals surface area contributed by atoms with Gasteiger partial charge in [0.1, 0.15) is 6.33 Å². The second kappa shape index (κ2) is 4.00. The quantitative estimate of drug-likeness (QED) is 0.676. The third-order valence-electron chi connectivity index (χ3n) is 1.38. The van der Waals surface area contributed by atoms with Crippen molar-refractivity contribution >= 4 is 22.6 Å². The van der Waals surface area contributed by atoms with Crippen LogP contribution in [0.3, 0.4) is 0 Å². The van der Waals surface area contributed by atoms with E-state index in [0.29, 0.717) is 5.56 Å². The van der Waals surface area contributed by atoms with Crippen molar-refractivity contribution in [2.45, 2.75) is 0 Å². The van der Waals surface area contributed by atoms with Crippen molar-refractivity contribution in [2.24, 2.45) is 0 Å². The van der Waals surface area contributed by atoms with E-state index in [4.69, 9.17) is 11.6 Å². The van der Waals surface area contributed by atoms with E-state index in [9.17, 15) is 4.79 Å². The summed E-state index contributed by atoms with van der Waals surface area (Å²) in [6, 6.07) is 0. The minimum atomic E-state index is -0.556. The zero-order valence-electron chi connectivity index (χ0n) is 6.95. The molecule has 0 unspecified atom stereocenters. The Morgan fingerprint density at radius 2 is 2.38 bits per heavy atom. The van der Waals surface area contributed by atoms with E-state index in [1.807, 2.05) is 0 Å². The summed E-state index contributed by atoms with van der Waals surface area (Å²) in [7, 11) is 1.27. The summed E-state index contributed by atoms with van der Waals surface area (Å²) >= 11 is 5.63. The van der Waals surface area contributed by atoms with E-state index < -0.39 is 5.97 Å².